The zero-order chi connectivity index (χ0) is 82.9. The summed E-state index contributed by atoms with van der Waals surface area (Å²) in [5, 5.41) is 13.0. The van der Waals surface area contributed by atoms with Crippen LogP contribution < -0.4 is 0 Å². The lowest BCUT2D eigenvalue weighted by molar-refractivity contribution is 0.668. The molecule has 0 amide bonds. The van der Waals surface area contributed by atoms with Gasteiger partial charge in [0.05, 0.1) is 22.8 Å². The third-order valence-corrected chi connectivity index (χ3v) is 24.6. The maximum atomic E-state index is 6.63. The largest absolute Gasteiger partial charge is 0.456 e. The predicted octanol–water partition coefficient (Wildman–Crippen LogP) is 32.4. The Bertz CT molecular complexity index is 8620. The van der Waals surface area contributed by atoms with Crippen LogP contribution in [-0.4, -0.2) is 19.9 Å². The molecule has 8 heterocycles. The smallest absolute Gasteiger partial charge is 0.160 e. The van der Waals surface area contributed by atoms with Gasteiger partial charge in [-0.2, -0.15) is 0 Å². The molecule has 0 unspecified atom stereocenters. The molecule has 18 aromatic carbocycles. The number of hydrogen-bond acceptors (Lipinski definition) is 10. The summed E-state index contributed by atoms with van der Waals surface area (Å²) >= 11 is 0. The summed E-state index contributed by atoms with van der Waals surface area (Å²) in [5.41, 5.74) is 31.8. The Hall–Kier alpha value is -17.1. The molecule has 0 atom stereocenters. The summed E-state index contributed by atoms with van der Waals surface area (Å²) < 4.78 is 38.4. The quantitative estimate of drug-likeness (QED) is 0.117. The monoisotopic (exact) mass is 1610 g/mol. The molecule has 8 aromatic heterocycles. The fraction of sp³-hybridized carbons (Fsp3) is 0. The average Bonchev–Trinajstić information content (AvgIpc) is 1.58. The molecule has 588 valence electrons. The Morgan fingerprint density at radius 2 is 0.365 bits per heavy atom. The molecular weight excluding hydrogens is 1550 g/mol. The van der Waals surface area contributed by atoms with Gasteiger partial charge in [0.15, 0.2) is 11.6 Å². The summed E-state index contributed by atoms with van der Waals surface area (Å²) in [6.07, 6.45) is 0. The lowest BCUT2D eigenvalue weighted by Gasteiger charge is -2.14. The van der Waals surface area contributed by atoms with Crippen molar-refractivity contribution in [2.75, 3.05) is 0 Å². The van der Waals surface area contributed by atoms with Gasteiger partial charge < -0.3 is 26.5 Å². The van der Waals surface area contributed by atoms with E-state index in [4.69, 9.17) is 46.4 Å². The van der Waals surface area contributed by atoms with Crippen molar-refractivity contribution in [3.63, 3.8) is 0 Å². The number of benzene rings is 18. The van der Waals surface area contributed by atoms with Crippen LogP contribution in [0.15, 0.2) is 439 Å². The minimum atomic E-state index is 0.604. The van der Waals surface area contributed by atoms with E-state index in [0.29, 0.717) is 11.6 Å². The maximum absolute atomic E-state index is 6.63. The number of rotatable bonds is 12. The molecule has 0 aliphatic heterocycles. The van der Waals surface area contributed by atoms with Crippen LogP contribution in [-0.2, 0) is 0 Å². The first-order chi connectivity index (χ1) is 62.3. The maximum Gasteiger partial charge on any atom is 0.160 e. The molecule has 126 heavy (non-hydrogen) atoms. The topological polar surface area (TPSA) is 130 Å². The van der Waals surface area contributed by atoms with E-state index >= 15 is 0 Å². The molecule has 0 radical (unpaired) electrons. The molecule has 0 aliphatic carbocycles. The van der Waals surface area contributed by atoms with Crippen LogP contribution in [0.3, 0.4) is 0 Å². The Kier molecular flexibility index (Phi) is 16.7. The highest BCUT2D eigenvalue weighted by Gasteiger charge is 2.24. The van der Waals surface area contributed by atoms with Gasteiger partial charge in [0, 0.05) is 115 Å². The van der Waals surface area contributed by atoms with Crippen molar-refractivity contribution in [2.45, 2.75) is 0 Å². The highest BCUT2D eigenvalue weighted by atomic mass is 16.3. The first kappa shape index (κ1) is 71.8. The number of nitrogens with zero attached hydrogens (tertiary/aromatic N) is 4. The molecule has 0 fully saturated rings. The molecule has 0 aliphatic rings. The molecule has 0 N–H and O–H groups in total. The molecule has 10 heteroatoms. The number of furan rings is 6. The molecule has 0 saturated heterocycles. The fourth-order valence-corrected chi connectivity index (χ4v) is 18.5. The second-order valence-electron chi connectivity index (χ2n) is 32.2. The van der Waals surface area contributed by atoms with Crippen molar-refractivity contribution in [1.29, 1.82) is 0 Å². The zero-order valence-electron chi connectivity index (χ0n) is 67.5. The van der Waals surface area contributed by atoms with E-state index in [1.807, 2.05) is 97.1 Å². The summed E-state index contributed by atoms with van der Waals surface area (Å²) in [6, 6.07) is 143. The van der Waals surface area contributed by atoms with Crippen LogP contribution in [0.4, 0.5) is 0 Å². The second-order valence-corrected chi connectivity index (χ2v) is 32.2. The minimum Gasteiger partial charge on any atom is -0.456 e. The van der Waals surface area contributed by atoms with Gasteiger partial charge in [-0.3, -0.25) is 0 Å². The third kappa shape index (κ3) is 12.5. The van der Waals surface area contributed by atoms with Crippen molar-refractivity contribution in [1.82, 2.24) is 19.9 Å². The molecule has 0 bridgehead atoms. The third-order valence-electron chi connectivity index (χ3n) is 24.6. The summed E-state index contributed by atoms with van der Waals surface area (Å²) in [4.78, 5) is 21.5. The van der Waals surface area contributed by atoms with E-state index in [2.05, 4.69) is 315 Å². The second kappa shape index (κ2) is 29.4. The molecule has 26 rings (SSSR count). The number of aromatic nitrogens is 4. The molecule has 26 aromatic rings. The first-order valence-electron chi connectivity index (χ1n) is 42.2. The fourth-order valence-electron chi connectivity index (χ4n) is 18.5. The van der Waals surface area contributed by atoms with E-state index in [1.54, 1.807) is 0 Å². The van der Waals surface area contributed by atoms with E-state index in [1.165, 1.54) is 0 Å². The van der Waals surface area contributed by atoms with Crippen LogP contribution in [0.1, 0.15) is 0 Å². The standard InChI is InChI=1S/2C58H34N2O3/c1-2-14-35(15-3-1)50-34-51(37-17-10-16-36(30-37)41-21-11-24-47-44-18-4-7-27-52(44)61-55(41)47)60-58(59-50)40-32-38(42-22-12-25-48-45-19-5-8-28-53(45)62-56(42)48)31-39(33-40)43-23-13-26-49-46-20-6-9-29-54(46)63-57(43)49;1-2-11-35(12-3-1)50-34-51(40-14-10-13-36(27-40)37-21-24-55-47(31-37)44-15-4-7-18-52(44)61-55)60-58(59-50)43-29-41(38-22-25-56-48(32-38)45-16-5-8-19-53(45)62-56)28-42(30-43)39-23-26-57-49(33-39)46-17-6-9-20-54(46)63-57/h2*1-34H. The van der Waals surface area contributed by atoms with Gasteiger partial charge >= 0.3 is 0 Å². The summed E-state index contributed by atoms with van der Waals surface area (Å²) in [6.45, 7) is 0. The average molecular weight is 1610 g/mol. The molecular formula is C116H68N4O6. The summed E-state index contributed by atoms with van der Waals surface area (Å²) in [7, 11) is 0. The normalized spacial score (nSPS) is 11.8. The van der Waals surface area contributed by atoms with E-state index in [9.17, 15) is 0 Å². The minimum absolute atomic E-state index is 0.604. The summed E-state index contributed by atoms with van der Waals surface area (Å²) in [5.74, 6) is 1.24. The first-order valence-corrected chi connectivity index (χ1v) is 42.2. The van der Waals surface area contributed by atoms with E-state index in [0.717, 1.165) is 255 Å². The number of para-hydroxylation sites is 9. The van der Waals surface area contributed by atoms with Gasteiger partial charge in [0.25, 0.3) is 0 Å². The van der Waals surface area contributed by atoms with Gasteiger partial charge in [0.2, 0.25) is 0 Å². The lowest BCUT2D eigenvalue weighted by atomic mass is 9.93. The highest BCUT2D eigenvalue weighted by molar-refractivity contribution is 6.15. The van der Waals surface area contributed by atoms with Crippen molar-refractivity contribution in [2.24, 2.45) is 0 Å². The SMILES string of the molecule is c1ccc(-c2cc(-c3cccc(-c4ccc5oc6ccccc6c5c4)c3)nc(-c3cc(-c4ccc5oc6ccccc6c5c4)cc(-c4ccc5oc6ccccc6c5c4)c3)n2)cc1.c1ccc(-c2cc(-c3cccc(-c4cccc5c4oc4ccccc45)c3)nc(-c3cc(-c4cccc5c4oc4ccccc45)cc(-c4cccc5c4oc4ccccc45)c3)n2)cc1. The van der Waals surface area contributed by atoms with Gasteiger partial charge in [-0.05, 0) is 184 Å². The van der Waals surface area contributed by atoms with Crippen molar-refractivity contribution in [3.8, 4) is 135 Å². The van der Waals surface area contributed by atoms with E-state index < -0.39 is 0 Å². The van der Waals surface area contributed by atoms with Crippen molar-refractivity contribution in [3.05, 3.63) is 413 Å². The zero-order valence-corrected chi connectivity index (χ0v) is 67.5. The van der Waals surface area contributed by atoms with Crippen LogP contribution in [0.25, 0.3) is 266 Å². The van der Waals surface area contributed by atoms with Crippen molar-refractivity contribution >= 4 is 132 Å². The molecule has 0 spiro atoms. The number of hydrogen-bond donors (Lipinski definition) is 0. The Morgan fingerprint density at radius 1 is 0.127 bits per heavy atom. The van der Waals surface area contributed by atoms with Gasteiger partial charge in [0.1, 0.15) is 67.0 Å². The van der Waals surface area contributed by atoms with E-state index in [-0.39, 0.29) is 0 Å². The number of fused-ring (bicyclic) bond motifs is 18. The van der Waals surface area contributed by atoms with Crippen LogP contribution in [0.5, 0.6) is 0 Å². The Morgan fingerprint density at radius 3 is 0.754 bits per heavy atom. The Balaban J connectivity index is 0.000000137. The highest BCUT2D eigenvalue weighted by Crippen LogP contribution is 2.47. The van der Waals surface area contributed by atoms with Crippen LogP contribution in [0, 0.1) is 0 Å². The lowest BCUT2D eigenvalue weighted by Crippen LogP contribution is -1.97. The van der Waals surface area contributed by atoms with Crippen molar-refractivity contribution < 1.29 is 26.5 Å². The van der Waals surface area contributed by atoms with Gasteiger partial charge in [-0.25, -0.2) is 19.9 Å². The van der Waals surface area contributed by atoms with Gasteiger partial charge in [-0.1, -0.05) is 279 Å². The van der Waals surface area contributed by atoms with Gasteiger partial charge in [-0.15, -0.1) is 0 Å². The Labute approximate surface area is 720 Å². The molecule has 0 saturated carbocycles. The van der Waals surface area contributed by atoms with Crippen LogP contribution >= 0.6 is 0 Å². The predicted molar refractivity (Wildman–Crippen MR) is 513 cm³/mol. The van der Waals surface area contributed by atoms with Crippen LogP contribution in [0.2, 0.25) is 0 Å². The molecule has 10 nitrogen and oxygen atoms in total.